The Morgan fingerprint density at radius 2 is 1.89 bits per heavy atom. The average molecular weight is 261 g/mol. The number of benzene rings is 1. The molecule has 1 aromatic rings. The second-order valence-electron chi connectivity index (χ2n) is 5.09. The van der Waals surface area contributed by atoms with Crippen molar-refractivity contribution in [3.05, 3.63) is 34.9 Å². The summed E-state index contributed by atoms with van der Waals surface area (Å²) in [6.45, 7) is 4.05. The predicted octanol–water partition coefficient (Wildman–Crippen LogP) is 2.36. The molecule has 0 atom stereocenters. The zero-order valence-corrected chi connectivity index (χ0v) is 11.2. The molecule has 102 valence electrons. The van der Waals surface area contributed by atoms with Crippen molar-refractivity contribution in [3.63, 3.8) is 0 Å². The first-order valence-corrected chi connectivity index (χ1v) is 6.67. The SMILES string of the molecule is Cc1ccc(C(=O)CN2CCCCC2)cc1C(=O)O. The summed E-state index contributed by atoms with van der Waals surface area (Å²) in [5.41, 5.74) is 1.39. The molecule has 0 radical (unpaired) electrons. The highest BCUT2D eigenvalue weighted by Gasteiger charge is 2.17. The molecule has 4 nitrogen and oxygen atoms in total. The van der Waals surface area contributed by atoms with E-state index in [9.17, 15) is 9.59 Å². The minimum absolute atomic E-state index is 0.00407. The third kappa shape index (κ3) is 3.41. The lowest BCUT2D eigenvalue weighted by Gasteiger charge is -2.25. The Bertz CT molecular complexity index is 490. The van der Waals surface area contributed by atoms with Gasteiger partial charge in [-0.3, -0.25) is 9.69 Å². The number of carboxylic acid groups (broad SMARTS) is 1. The zero-order chi connectivity index (χ0) is 13.8. The summed E-state index contributed by atoms with van der Waals surface area (Å²) in [4.78, 5) is 25.4. The topological polar surface area (TPSA) is 57.6 Å². The summed E-state index contributed by atoms with van der Waals surface area (Å²) in [5, 5.41) is 9.07. The number of Topliss-reactive ketones (excluding diaryl/α,β-unsaturated/α-hetero) is 1. The van der Waals surface area contributed by atoms with E-state index in [-0.39, 0.29) is 11.3 Å². The second kappa shape index (κ2) is 5.97. The molecule has 0 amide bonds. The van der Waals surface area contributed by atoms with Crippen molar-refractivity contribution in [1.29, 1.82) is 0 Å². The second-order valence-corrected chi connectivity index (χ2v) is 5.09. The summed E-state index contributed by atoms with van der Waals surface area (Å²) in [6, 6.07) is 4.91. The maximum Gasteiger partial charge on any atom is 0.335 e. The molecular formula is C15H19NO3. The first-order chi connectivity index (χ1) is 9.08. The van der Waals surface area contributed by atoms with Gasteiger partial charge < -0.3 is 5.11 Å². The molecule has 0 saturated carbocycles. The standard InChI is InChI=1S/C15H19NO3/c1-11-5-6-12(9-13(11)15(18)19)14(17)10-16-7-3-2-4-8-16/h5-6,9H,2-4,7-8,10H2,1H3,(H,18,19). The highest BCUT2D eigenvalue weighted by molar-refractivity contribution is 6.00. The first kappa shape index (κ1) is 13.7. The van der Waals surface area contributed by atoms with E-state index in [0.717, 1.165) is 25.9 Å². The summed E-state index contributed by atoms with van der Waals surface area (Å²) in [6.07, 6.45) is 3.52. The summed E-state index contributed by atoms with van der Waals surface area (Å²) < 4.78 is 0. The molecule has 4 heteroatoms. The van der Waals surface area contributed by atoms with Gasteiger partial charge in [0.2, 0.25) is 0 Å². The highest BCUT2D eigenvalue weighted by atomic mass is 16.4. The molecular weight excluding hydrogens is 242 g/mol. The third-order valence-electron chi connectivity index (χ3n) is 3.61. The van der Waals surface area contributed by atoms with Gasteiger partial charge in [-0.2, -0.15) is 0 Å². The molecule has 0 unspecified atom stereocenters. The van der Waals surface area contributed by atoms with Crippen LogP contribution in [0.15, 0.2) is 18.2 Å². The average Bonchev–Trinajstić information content (AvgIpc) is 2.40. The lowest BCUT2D eigenvalue weighted by Crippen LogP contribution is -2.34. The summed E-state index contributed by atoms with van der Waals surface area (Å²) in [5.74, 6) is -0.977. The van der Waals surface area contributed by atoms with Crippen molar-refractivity contribution in [1.82, 2.24) is 4.90 Å². The molecule has 0 bridgehead atoms. The van der Waals surface area contributed by atoms with Crippen molar-refractivity contribution < 1.29 is 14.7 Å². The van der Waals surface area contributed by atoms with Crippen molar-refractivity contribution in [3.8, 4) is 0 Å². The van der Waals surface area contributed by atoms with E-state index in [1.165, 1.54) is 12.5 Å². The van der Waals surface area contributed by atoms with Gasteiger partial charge in [0.1, 0.15) is 0 Å². The van der Waals surface area contributed by atoms with Gasteiger partial charge in [0.25, 0.3) is 0 Å². The van der Waals surface area contributed by atoms with Crippen LogP contribution in [0.4, 0.5) is 0 Å². The predicted molar refractivity (Wildman–Crippen MR) is 72.8 cm³/mol. The molecule has 1 aromatic carbocycles. The maximum atomic E-state index is 12.2. The number of carbonyl (C=O) groups excluding carboxylic acids is 1. The number of piperidine rings is 1. The summed E-state index contributed by atoms with van der Waals surface area (Å²) in [7, 11) is 0. The van der Waals surface area contributed by atoms with Gasteiger partial charge in [0.05, 0.1) is 12.1 Å². The van der Waals surface area contributed by atoms with Crippen LogP contribution in [0.3, 0.4) is 0 Å². The Kier molecular flexibility index (Phi) is 4.32. The number of hydrogen-bond acceptors (Lipinski definition) is 3. The molecule has 2 rings (SSSR count). The van der Waals surface area contributed by atoms with Crippen molar-refractivity contribution in [2.24, 2.45) is 0 Å². The Hall–Kier alpha value is -1.68. The van der Waals surface area contributed by atoms with Crippen LogP contribution in [0.25, 0.3) is 0 Å². The fourth-order valence-corrected chi connectivity index (χ4v) is 2.44. The minimum Gasteiger partial charge on any atom is -0.478 e. The van der Waals surface area contributed by atoms with E-state index in [2.05, 4.69) is 4.90 Å². The quantitative estimate of drug-likeness (QED) is 0.845. The molecule has 1 N–H and O–H groups in total. The third-order valence-corrected chi connectivity index (χ3v) is 3.61. The van der Waals surface area contributed by atoms with Gasteiger partial charge in [0, 0.05) is 5.56 Å². The van der Waals surface area contributed by atoms with Gasteiger partial charge in [-0.25, -0.2) is 4.79 Å². The fraction of sp³-hybridized carbons (Fsp3) is 0.467. The van der Waals surface area contributed by atoms with Crippen LogP contribution in [0.1, 0.15) is 45.5 Å². The van der Waals surface area contributed by atoms with E-state index in [1.54, 1.807) is 19.1 Å². The van der Waals surface area contributed by atoms with Gasteiger partial charge in [-0.05, 0) is 44.5 Å². The highest BCUT2D eigenvalue weighted by Crippen LogP contribution is 2.14. The van der Waals surface area contributed by atoms with E-state index < -0.39 is 5.97 Å². The van der Waals surface area contributed by atoms with E-state index in [4.69, 9.17) is 5.11 Å². The van der Waals surface area contributed by atoms with Gasteiger partial charge in [-0.15, -0.1) is 0 Å². The van der Waals surface area contributed by atoms with Gasteiger partial charge in [0.15, 0.2) is 5.78 Å². The number of rotatable bonds is 4. The number of aryl methyl sites for hydroxylation is 1. The van der Waals surface area contributed by atoms with Crippen LogP contribution in [-0.2, 0) is 0 Å². The van der Waals surface area contributed by atoms with Gasteiger partial charge in [-0.1, -0.05) is 18.6 Å². The van der Waals surface area contributed by atoms with Crippen LogP contribution >= 0.6 is 0 Å². The lowest BCUT2D eigenvalue weighted by atomic mass is 10.0. The van der Waals surface area contributed by atoms with Crippen LogP contribution in [0, 0.1) is 6.92 Å². The van der Waals surface area contributed by atoms with Crippen LogP contribution in [0.2, 0.25) is 0 Å². The molecule has 19 heavy (non-hydrogen) atoms. The largest absolute Gasteiger partial charge is 0.478 e. The molecule has 0 aromatic heterocycles. The number of hydrogen-bond donors (Lipinski definition) is 1. The van der Waals surface area contributed by atoms with Crippen molar-refractivity contribution in [2.45, 2.75) is 26.2 Å². The maximum absolute atomic E-state index is 12.2. The fourth-order valence-electron chi connectivity index (χ4n) is 2.44. The molecule has 1 heterocycles. The number of likely N-dealkylation sites (tertiary alicyclic amines) is 1. The molecule has 1 fully saturated rings. The Balaban J connectivity index is 2.10. The van der Waals surface area contributed by atoms with Crippen LogP contribution in [-0.4, -0.2) is 41.4 Å². The number of carboxylic acids is 1. The normalized spacial score (nSPS) is 16.3. The number of nitrogens with zero attached hydrogens (tertiary/aromatic N) is 1. The molecule has 1 aliphatic rings. The van der Waals surface area contributed by atoms with E-state index >= 15 is 0 Å². The number of ketones is 1. The van der Waals surface area contributed by atoms with E-state index in [1.807, 2.05) is 0 Å². The Morgan fingerprint density at radius 1 is 1.21 bits per heavy atom. The monoisotopic (exact) mass is 261 g/mol. The smallest absolute Gasteiger partial charge is 0.335 e. The van der Waals surface area contributed by atoms with Crippen molar-refractivity contribution in [2.75, 3.05) is 19.6 Å². The zero-order valence-electron chi connectivity index (χ0n) is 11.2. The summed E-state index contributed by atoms with van der Waals surface area (Å²) >= 11 is 0. The number of aromatic carboxylic acids is 1. The molecule has 0 spiro atoms. The van der Waals surface area contributed by atoms with Crippen LogP contribution < -0.4 is 0 Å². The minimum atomic E-state index is -0.981. The Labute approximate surface area is 113 Å². The lowest BCUT2D eigenvalue weighted by molar-refractivity contribution is 0.0696. The number of carbonyl (C=O) groups is 2. The molecule has 1 saturated heterocycles. The van der Waals surface area contributed by atoms with Gasteiger partial charge >= 0.3 is 5.97 Å². The Morgan fingerprint density at radius 3 is 2.53 bits per heavy atom. The van der Waals surface area contributed by atoms with E-state index in [0.29, 0.717) is 17.7 Å². The molecule has 1 aliphatic heterocycles. The van der Waals surface area contributed by atoms with Crippen LogP contribution in [0.5, 0.6) is 0 Å². The van der Waals surface area contributed by atoms with Crippen molar-refractivity contribution >= 4 is 11.8 Å². The molecule has 0 aliphatic carbocycles. The first-order valence-electron chi connectivity index (χ1n) is 6.67.